The number of rotatable bonds is 5. The maximum Gasteiger partial charge on any atom is 0.231 e. The fraction of sp³-hybridized carbons (Fsp3) is 0.280. The third kappa shape index (κ3) is 6.25. The molecule has 198 valence electrons. The van der Waals surface area contributed by atoms with E-state index in [9.17, 15) is 9.18 Å². The largest absolute Gasteiger partial charge is 0.487 e. The number of hydrogen-bond acceptors (Lipinski definition) is 10. The first-order valence-electron chi connectivity index (χ1n) is 11.9. The van der Waals surface area contributed by atoms with Crippen molar-refractivity contribution in [2.24, 2.45) is 0 Å². The van der Waals surface area contributed by atoms with Crippen LogP contribution in [0.3, 0.4) is 0 Å². The van der Waals surface area contributed by atoms with Crippen LogP contribution in [0.4, 0.5) is 33.2 Å². The highest BCUT2D eigenvalue weighted by atomic mass is 19.1. The number of amides is 1. The molecule has 0 fully saturated rings. The average molecular weight is 524 g/mol. The van der Waals surface area contributed by atoms with E-state index in [1.165, 1.54) is 31.5 Å². The van der Waals surface area contributed by atoms with E-state index in [0.29, 0.717) is 79.5 Å². The van der Waals surface area contributed by atoms with E-state index in [0.717, 1.165) is 0 Å². The SMILES string of the molecule is CC(=O)Nc1cc(F)ccc1Nc1nc(Nc2ccc3c(c2)OCCOCCOCCO3)nc2nc[nH]c12. The van der Waals surface area contributed by atoms with Gasteiger partial charge in [0.05, 0.1) is 44.1 Å². The first kappa shape index (κ1) is 25.2. The van der Waals surface area contributed by atoms with Gasteiger partial charge in [-0.05, 0) is 30.3 Å². The van der Waals surface area contributed by atoms with Gasteiger partial charge in [-0.1, -0.05) is 0 Å². The van der Waals surface area contributed by atoms with E-state index < -0.39 is 5.82 Å². The molecular formula is C25H26FN7O5. The fourth-order valence-corrected chi connectivity index (χ4v) is 3.72. The molecule has 0 unspecified atom stereocenters. The molecule has 13 heteroatoms. The van der Waals surface area contributed by atoms with Crippen molar-refractivity contribution in [3.63, 3.8) is 0 Å². The van der Waals surface area contributed by atoms with Crippen molar-refractivity contribution < 1.29 is 28.1 Å². The van der Waals surface area contributed by atoms with Crippen LogP contribution in [0.5, 0.6) is 11.5 Å². The maximum absolute atomic E-state index is 13.8. The van der Waals surface area contributed by atoms with Crippen LogP contribution < -0.4 is 25.4 Å². The number of anilines is 5. The highest BCUT2D eigenvalue weighted by Crippen LogP contribution is 2.33. The van der Waals surface area contributed by atoms with Crippen molar-refractivity contribution in [3.8, 4) is 11.5 Å². The van der Waals surface area contributed by atoms with Crippen LogP contribution in [0.25, 0.3) is 11.2 Å². The molecule has 5 rings (SSSR count). The monoisotopic (exact) mass is 523 g/mol. The van der Waals surface area contributed by atoms with E-state index in [1.807, 2.05) is 6.07 Å². The van der Waals surface area contributed by atoms with Crippen LogP contribution in [0, 0.1) is 5.82 Å². The summed E-state index contributed by atoms with van der Waals surface area (Å²) in [5.41, 5.74) is 2.29. The van der Waals surface area contributed by atoms with Gasteiger partial charge in [0.25, 0.3) is 0 Å². The van der Waals surface area contributed by atoms with Gasteiger partial charge in [-0.25, -0.2) is 9.37 Å². The summed E-state index contributed by atoms with van der Waals surface area (Å²) in [4.78, 5) is 27.9. The van der Waals surface area contributed by atoms with Gasteiger partial charge in [0.15, 0.2) is 23.0 Å². The van der Waals surface area contributed by atoms with Crippen LogP contribution in [0.15, 0.2) is 42.7 Å². The number of benzene rings is 2. The van der Waals surface area contributed by atoms with Crippen LogP contribution in [0.1, 0.15) is 6.92 Å². The van der Waals surface area contributed by atoms with Crippen molar-refractivity contribution in [3.05, 3.63) is 48.5 Å². The van der Waals surface area contributed by atoms with E-state index in [4.69, 9.17) is 18.9 Å². The molecule has 0 spiro atoms. The van der Waals surface area contributed by atoms with Crippen molar-refractivity contribution in [2.45, 2.75) is 6.92 Å². The third-order valence-electron chi connectivity index (χ3n) is 5.37. The first-order chi connectivity index (χ1) is 18.5. The standard InChI is InChI=1S/C25H26FN7O5/c1-15(34)29-19-12-16(26)2-4-18(19)31-24-22-23(28-14-27-22)32-25(33-24)30-17-3-5-20-21(13-17)38-11-9-36-7-6-35-8-10-37-20/h2-5,12-14H,6-11H2,1H3,(H,29,34)(H3,27,28,30,31,32,33). The number of nitrogens with one attached hydrogen (secondary N) is 4. The summed E-state index contributed by atoms with van der Waals surface area (Å²) < 4.78 is 36.5. The second-order valence-electron chi connectivity index (χ2n) is 8.20. The van der Waals surface area contributed by atoms with Gasteiger partial charge in [0.2, 0.25) is 11.9 Å². The number of aromatic nitrogens is 4. The van der Waals surface area contributed by atoms with Crippen LogP contribution in [-0.4, -0.2) is 65.5 Å². The molecule has 0 aliphatic carbocycles. The lowest BCUT2D eigenvalue weighted by atomic mass is 10.2. The molecule has 2 aromatic heterocycles. The van der Waals surface area contributed by atoms with E-state index in [-0.39, 0.29) is 17.5 Å². The number of carbonyl (C=O) groups excluding carboxylic acids is 1. The number of ether oxygens (including phenoxy) is 4. The predicted octanol–water partition coefficient (Wildman–Crippen LogP) is 3.74. The lowest BCUT2D eigenvalue weighted by Gasteiger charge is -2.16. The van der Waals surface area contributed by atoms with Crippen molar-refractivity contribution in [1.29, 1.82) is 0 Å². The Morgan fingerprint density at radius 3 is 2.45 bits per heavy atom. The van der Waals surface area contributed by atoms with Gasteiger partial charge < -0.3 is 39.9 Å². The number of hydrogen-bond donors (Lipinski definition) is 4. The molecule has 12 nitrogen and oxygen atoms in total. The molecule has 3 heterocycles. The minimum atomic E-state index is -0.488. The maximum atomic E-state index is 13.8. The van der Waals surface area contributed by atoms with E-state index >= 15 is 0 Å². The fourth-order valence-electron chi connectivity index (χ4n) is 3.72. The molecule has 4 N–H and O–H groups in total. The highest BCUT2D eigenvalue weighted by molar-refractivity contribution is 5.95. The molecule has 0 atom stereocenters. The quantitative estimate of drug-likeness (QED) is 0.305. The van der Waals surface area contributed by atoms with Gasteiger partial charge in [-0.2, -0.15) is 9.97 Å². The zero-order valence-electron chi connectivity index (χ0n) is 20.5. The Balaban J connectivity index is 1.41. The summed E-state index contributed by atoms with van der Waals surface area (Å²) in [5, 5.41) is 8.92. The molecule has 0 bridgehead atoms. The predicted molar refractivity (Wildman–Crippen MR) is 138 cm³/mol. The molecule has 0 radical (unpaired) electrons. The van der Waals surface area contributed by atoms with Crippen LogP contribution in [-0.2, 0) is 14.3 Å². The Hall–Kier alpha value is -4.49. The number of H-pyrrole nitrogens is 1. The summed E-state index contributed by atoms with van der Waals surface area (Å²) in [5.74, 6) is 0.907. The molecule has 1 aliphatic rings. The zero-order chi connectivity index (χ0) is 26.3. The summed E-state index contributed by atoms with van der Waals surface area (Å²) in [6, 6.07) is 9.39. The second-order valence-corrected chi connectivity index (χ2v) is 8.20. The van der Waals surface area contributed by atoms with Gasteiger partial charge >= 0.3 is 0 Å². The number of aromatic amines is 1. The summed E-state index contributed by atoms with van der Waals surface area (Å²) in [7, 11) is 0. The van der Waals surface area contributed by atoms with Gasteiger partial charge in [-0.3, -0.25) is 4.79 Å². The smallest absolute Gasteiger partial charge is 0.231 e. The van der Waals surface area contributed by atoms with Gasteiger partial charge in [-0.15, -0.1) is 0 Å². The Bertz CT molecular complexity index is 1430. The first-order valence-corrected chi connectivity index (χ1v) is 11.9. The normalized spacial score (nSPS) is 14.3. The molecule has 4 aromatic rings. The minimum absolute atomic E-state index is 0.251. The van der Waals surface area contributed by atoms with Crippen LogP contribution >= 0.6 is 0 Å². The number of nitrogens with zero attached hydrogens (tertiary/aromatic N) is 3. The van der Waals surface area contributed by atoms with Gasteiger partial charge in [0, 0.05) is 18.7 Å². The summed E-state index contributed by atoms with van der Waals surface area (Å²) in [6.07, 6.45) is 1.49. The zero-order valence-corrected chi connectivity index (χ0v) is 20.5. The summed E-state index contributed by atoms with van der Waals surface area (Å²) in [6.45, 7) is 3.92. The molecule has 0 saturated carbocycles. The number of carbonyl (C=O) groups is 1. The molecule has 38 heavy (non-hydrogen) atoms. The second kappa shape index (κ2) is 11.7. The molecule has 1 amide bonds. The van der Waals surface area contributed by atoms with Gasteiger partial charge in [0.1, 0.15) is 24.5 Å². The molecular weight excluding hydrogens is 497 g/mol. The Labute approximate surface area is 216 Å². The Morgan fingerprint density at radius 1 is 0.895 bits per heavy atom. The van der Waals surface area contributed by atoms with Crippen molar-refractivity contribution in [1.82, 2.24) is 19.9 Å². The topological polar surface area (TPSA) is 145 Å². The number of fused-ring (bicyclic) bond motifs is 2. The number of halogens is 1. The van der Waals surface area contributed by atoms with E-state index in [2.05, 4.69) is 35.9 Å². The van der Waals surface area contributed by atoms with Crippen molar-refractivity contribution in [2.75, 3.05) is 55.6 Å². The average Bonchev–Trinajstić information content (AvgIpc) is 3.35. The Kier molecular flexibility index (Phi) is 7.75. The van der Waals surface area contributed by atoms with Crippen molar-refractivity contribution >= 4 is 45.9 Å². The number of imidazole rings is 1. The lowest BCUT2D eigenvalue weighted by Crippen LogP contribution is -2.15. The Morgan fingerprint density at radius 2 is 1.66 bits per heavy atom. The molecule has 1 aliphatic heterocycles. The molecule has 2 aromatic carbocycles. The third-order valence-corrected chi connectivity index (χ3v) is 5.37. The lowest BCUT2D eigenvalue weighted by molar-refractivity contribution is -0.114. The summed E-state index contributed by atoms with van der Waals surface area (Å²) >= 11 is 0. The molecule has 0 saturated heterocycles. The highest BCUT2D eigenvalue weighted by Gasteiger charge is 2.15. The van der Waals surface area contributed by atoms with Crippen LogP contribution in [0.2, 0.25) is 0 Å². The van der Waals surface area contributed by atoms with E-state index in [1.54, 1.807) is 12.1 Å². The minimum Gasteiger partial charge on any atom is -0.487 e.